The van der Waals surface area contributed by atoms with E-state index in [9.17, 15) is 0 Å². The van der Waals surface area contributed by atoms with E-state index in [1.54, 1.807) is 13.2 Å². The molecule has 0 bridgehead atoms. The van der Waals surface area contributed by atoms with Crippen molar-refractivity contribution in [2.24, 2.45) is 5.73 Å². The maximum atomic E-state index is 5.62. The van der Waals surface area contributed by atoms with Gasteiger partial charge in [-0.2, -0.15) is 0 Å². The second-order valence-electron chi connectivity index (χ2n) is 2.39. The van der Waals surface area contributed by atoms with Crippen molar-refractivity contribution >= 4 is 12.4 Å². The molecule has 0 aromatic carbocycles. The number of nitrogens with zero attached hydrogens (tertiary/aromatic N) is 1. The first-order valence-corrected chi connectivity index (χ1v) is 3.50. The van der Waals surface area contributed by atoms with E-state index in [2.05, 4.69) is 4.98 Å². The first kappa shape index (κ1) is 11.2. The van der Waals surface area contributed by atoms with Crippen LogP contribution < -0.4 is 10.5 Å². The van der Waals surface area contributed by atoms with Crippen LogP contribution in [0, 0.1) is 0 Å². The predicted octanol–water partition coefficient (Wildman–Crippen LogP) is 1.53. The van der Waals surface area contributed by atoms with E-state index in [4.69, 9.17) is 10.5 Å². The molecule has 0 spiro atoms. The summed E-state index contributed by atoms with van der Waals surface area (Å²) in [7, 11) is 1.59. The molecule has 0 saturated carbocycles. The molecule has 0 aliphatic rings. The fourth-order valence-corrected chi connectivity index (χ4v) is 0.798. The van der Waals surface area contributed by atoms with E-state index >= 15 is 0 Å². The first-order valence-electron chi connectivity index (χ1n) is 3.50. The molecule has 0 aliphatic heterocycles. The third-order valence-electron chi connectivity index (χ3n) is 1.42. The third-order valence-corrected chi connectivity index (χ3v) is 1.42. The average molecular weight is 189 g/mol. The Labute approximate surface area is 78.4 Å². The summed E-state index contributed by atoms with van der Waals surface area (Å²) in [5.74, 6) is 0.611. The molecule has 3 nitrogen and oxygen atoms in total. The van der Waals surface area contributed by atoms with Crippen LogP contribution >= 0.6 is 12.4 Å². The van der Waals surface area contributed by atoms with Gasteiger partial charge in [0.25, 0.3) is 0 Å². The molecular formula is C8H13ClN2O. The Hall–Kier alpha value is -0.800. The highest BCUT2D eigenvalue weighted by molar-refractivity contribution is 5.85. The van der Waals surface area contributed by atoms with E-state index in [1.165, 1.54) is 0 Å². The van der Waals surface area contributed by atoms with Gasteiger partial charge >= 0.3 is 0 Å². The lowest BCUT2D eigenvalue weighted by molar-refractivity contribution is 0.395. The molecule has 4 heteroatoms. The van der Waals surface area contributed by atoms with Crippen molar-refractivity contribution in [2.75, 3.05) is 7.11 Å². The number of aromatic nitrogens is 1. The Morgan fingerprint density at radius 1 is 1.50 bits per heavy atom. The van der Waals surface area contributed by atoms with Crippen molar-refractivity contribution in [1.29, 1.82) is 0 Å². The van der Waals surface area contributed by atoms with Gasteiger partial charge in [-0.05, 0) is 13.0 Å². The number of halogens is 1. The highest BCUT2D eigenvalue weighted by Crippen LogP contribution is 2.10. The topological polar surface area (TPSA) is 48.1 Å². The molecule has 68 valence electrons. The van der Waals surface area contributed by atoms with E-state index in [1.807, 2.05) is 19.1 Å². The summed E-state index contributed by atoms with van der Waals surface area (Å²) < 4.78 is 4.94. The molecule has 0 unspecified atom stereocenters. The van der Waals surface area contributed by atoms with Gasteiger partial charge in [-0.3, -0.25) is 0 Å². The highest BCUT2D eigenvalue weighted by atomic mass is 35.5. The van der Waals surface area contributed by atoms with E-state index < -0.39 is 0 Å². The maximum Gasteiger partial charge on any atom is 0.213 e. The zero-order chi connectivity index (χ0) is 8.27. The van der Waals surface area contributed by atoms with Crippen molar-refractivity contribution in [3.8, 4) is 5.88 Å². The number of hydrogen-bond donors (Lipinski definition) is 1. The summed E-state index contributed by atoms with van der Waals surface area (Å²) >= 11 is 0. The minimum absolute atomic E-state index is 0. The quantitative estimate of drug-likeness (QED) is 0.766. The van der Waals surface area contributed by atoms with E-state index in [0.717, 1.165) is 5.69 Å². The first-order chi connectivity index (χ1) is 5.24. The highest BCUT2D eigenvalue weighted by Gasteiger charge is 2.00. The fourth-order valence-electron chi connectivity index (χ4n) is 0.798. The molecule has 0 aliphatic carbocycles. The zero-order valence-electron chi connectivity index (χ0n) is 7.15. The minimum Gasteiger partial charge on any atom is -0.481 e. The Morgan fingerprint density at radius 3 is 2.67 bits per heavy atom. The maximum absolute atomic E-state index is 5.62. The van der Waals surface area contributed by atoms with Gasteiger partial charge in [0.2, 0.25) is 5.88 Å². The molecule has 1 heterocycles. The van der Waals surface area contributed by atoms with Crippen LogP contribution in [0.3, 0.4) is 0 Å². The second kappa shape index (κ2) is 4.95. The molecule has 1 atom stereocenters. The standard InChI is InChI=1S/C8H12N2O.ClH/c1-6(9)7-4-3-5-8(10-7)11-2;/h3-6H,9H2,1-2H3;1H/t6-;/m0./s1. The van der Waals surface area contributed by atoms with Crippen LogP contribution in [0.1, 0.15) is 18.7 Å². The number of nitrogens with two attached hydrogens (primary N) is 1. The Morgan fingerprint density at radius 2 is 2.17 bits per heavy atom. The Kier molecular flexibility index (Phi) is 4.62. The van der Waals surface area contributed by atoms with Crippen molar-refractivity contribution in [1.82, 2.24) is 4.98 Å². The lowest BCUT2D eigenvalue weighted by Crippen LogP contribution is -2.07. The van der Waals surface area contributed by atoms with Gasteiger partial charge in [-0.15, -0.1) is 12.4 Å². The lowest BCUT2D eigenvalue weighted by atomic mass is 10.2. The van der Waals surface area contributed by atoms with Crippen LogP contribution in [0.2, 0.25) is 0 Å². The Bertz CT molecular complexity index is 240. The lowest BCUT2D eigenvalue weighted by Gasteiger charge is -2.05. The molecule has 2 N–H and O–H groups in total. The van der Waals surface area contributed by atoms with Gasteiger partial charge in [-0.25, -0.2) is 4.98 Å². The molecule has 0 fully saturated rings. The van der Waals surface area contributed by atoms with Crippen molar-refractivity contribution in [2.45, 2.75) is 13.0 Å². The Balaban J connectivity index is 0.00000121. The molecule has 0 saturated heterocycles. The van der Waals surface area contributed by atoms with Crippen LogP contribution in [0.25, 0.3) is 0 Å². The van der Waals surface area contributed by atoms with Gasteiger partial charge in [0, 0.05) is 12.1 Å². The van der Waals surface area contributed by atoms with Crippen LogP contribution in [0.4, 0.5) is 0 Å². The average Bonchev–Trinajstić information content (AvgIpc) is 2.05. The number of ether oxygens (including phenoxy) is 1. The van der Waals surface area contributed by atoms with Crippen LogP contribution in [-0.4, -0.2) is 12.1 Å². The molecule has 1 aromatic rings. The largest absolute Gasteiger partial charge is 0.481 e. The molecule has 12 heavy (non-hydrogen) atoms. The van der Waals surface area contributed by atoms with Crippen molar-refractivity contribution < 1.29 is 4.74 Å². The second-order valence-corrected chi connectivity index (χ2v) is 2.39. The smallest absolute Gasteiger partial charge is 0.213 e. The van der Waals surface area contributed by atoms with Crippen LogP contribution in [-0.2, 0) is 0 Å². The molecular weight excluding hydrogens is 176 g/mol. The van der Waals surface area contributed by atoms with Gasteiger partial charge in [0.15, 0.2) is 0 Å². The SMILES string of the molecule is COc1cccc([C@H](C)N)n1.Cl. The number of hydrogen-bond acceptors (Lipinski definition) is 3. The molecule has 1 rings (SSSR count). The number of methoxy groups -OCH3 is 1. The summed E-state index contributed by atoms with van der Waals surface area (Å²) in [4.78, 5) is 4.14. The summed E-state index contributed by atoms with van der Waals surface area (Å²) in [6, 6.07) is 5.52. The summed E-state index contributed by atoms with van der Waals surface area (Å²) in [5, 5.41) is 0. The summed E-state index contributed by atoms with van der Waals surface area (Å²) in [6.07, 6.45) is 0. The van der Waals surface area contributed by atoms with Crippen molar-refractivity contribution in [3.05, 3.63) is 23.9 Å². The monoisotopic (exact) mass is 188 g/mol. The third kappa shape index (κ3) is 2.68. The van der Waals surface area contributed by atoms with Gasteiger partial charge in [-0.1, -0.05) is 6.07 Å². The normalized spacial score (nSPS) is 11.6. The molecule has 0 radical (unpaired) electrons. The molecule has 0 amide bonds. The van der Waals surface area contributed by atoms with Crippen molar-refractivity contribution in [3.63, 3.8) is 0 Å². The van der Waals surface area contributed by atoms with Crippen LogP contribution in [0.5, 0.6) is 5.88 Å². The number of rotatable bonds is 2. The fraction of sp³-hybridized carbons (Fsp3) is 0.375. The van der Waals surface area contributed by atoms with E-state index in [0.29, 0.717) is 5.88 Å². The zero-order valence-corrected chi connectivity index (χ0v) is 7.97. The van der Waals surface area contributed by atoms with Gasteiger partial charge < -0.3 is 10.5 Å². The summed E-state index contributed by atoms with van der Waals surface area (Å²) in [6.45, 7) is 1.89. The minimum atomic E-state index is -0.0369. The van der Waals surface area contributed by atoms with Gasteiger partial charge in [0.05, 0.1) is 12.8 Å². The molecule has 1 aromatic heterocycles. The number of pyridine rings is 1. The predicted molar refractivity (Wildman–Crippen MR) is 50.6 cm³/mol. The summed E-state index contributed by atoms with van der Waals surface area (Å²) in [5.41, 5.74) is 6.47. The van der Waals surface area contributed by atoms with Gasteiger partial charge in [0.1, 0.15) is 0 Å². The van der Waals surface area contributed by atoms with Crippen LogP contribution in [0.15, 0.2) is 18.2 Å². The van der Waals surface area contributed by atoms with E-state index in [-0.39, 0.29) is 18.4 Å².